The molecular formula is C24H26N2O7S. The number of rotatable bonds is 11. The number of thiophene rings is 1. The molecule has 0 saturated carbocycles. The van der Waals surface area contributed by atoms with Crippen molar-refractivity contribution >= 4 is 34.8 Å². The number of ether oxygens (including phenoxy) is 3. The summed E-state index contributed by atoms with van der Waals surface area (Å²) in [7, 11) is 3.10. The van der Waals surface area contributed by atoms with E-state index in [2.05, 4.69) is 10.6 Å². The zero-order valence-corrected chi connectivity index (χ0v) is 20.0. The first-order valence-electron chi connectivity index (χ1n) is 10.6. The van der Waals surface area contributed by atoms with Gasteiger partial charge in [-0.25, -0.2) is 4.79 Å². The average Bonchev–Trinajstić information content (AvgIpc) is 3.52. The molecule has 180 valence electrons. The zero-order valence-electron chi connectivity index (χ0n) is 19.1. The minimum Gasteiger partial charge on any atom is -0.493 e. The van der Waals surface area contributed by atoms with Gasteiger partial charge in [-0.1, -0.05) is 0 Å². The normalized spacial score (nSPS) is 10.4. The van der Waals surface area contributed by atoms with Crippen LogP contribution in [0.1, 0.15) is 40.0 Å². The molecule has 1 aromatic carbocycles. The summed E-state index contributed by atoms with van der Waals surface area (Å²) in [5, 5.41) is 5.48. The van der Waals surface area contributed by atoms with E-state index in [1.54, 1.807) is 51.5 Å². The molecule has 0 aliphatic rings. The Labute approximate surface area is 201 Å². The first-order valence-corrected chi connectivity index (χ1v) is 11.4. The smallest absolute Gasteiger partial charge is 0.350 e. The molecule has 2 aromatic heterocycles. The molecular weight excluding hydrogens is 460 g/mol. The predicted molar refractivity (Wildman–Crippen MR) is 128 cm³/mol. The van der Waals surface area contributed by atoms with Crippen LogP contribution in [0.5, 0.6) is 11.5 Å². The Kier molecular flexibility index (Phi) is 8.69. The Hall–Kier alpha value is -3.79. The van der Waals surface area contributed by atoms with Gasteiger partial charge in [-0.3, -0.25) is 9.59 Å². The largest absolute Gasteiger partial charge is 0.493 e. The molecule has 3 aromatic rings. The van der Waals surface area contributed by atoms with Crippen LogP contribution in [-0.2, 0) is 9.53 Å². The van der Waals surface area contributed by atoms with Crippen LogP contribution in [0.3, 0.4) is 0 Å². The molecule has 0 saturated heterocycles. The number of esters is 1. The van der Waals surface area contributed by atoms with Crippen LogP contribution in [0, 0.1) is 0 Å². The SMILES string of the molecule is CCOC(=O)c1sc(-c2ccc(OC)c(OC)c2)cc1NC(=O)CCCNC(=O)c1ccco1. The second kappa shape index (κ2) is 11.9. The second-order valence-electron chi connectivity index (χ2n) is 7.03. The number of carbonyl (C=O) groups excluding carboxylic acids is 3. The van der Waals surface area contributed by atoms with E-state index in [0.717, 1.165) is 10.4 Å². The Morgan fingerprint density at radius 2 is 1.85 bits per heavy atom. The maximum atomic E-state index is 12.5. The van der Waals surface area contributed by atoms with Crippen molar-refractivity contribution in [2.75, 3.05) is 32.7 Å². The predicted octanol–water partition coefficient (Wildman–Crippen LogP) is 4.35. The highest BCUT2D eigenvalue weighted by atomic mass is 32.1. The van der Waals surface area contributed by atoms with Crippen molar-refractivity contribution in [1.29, 1.82) is 0 Å². The average molecular weight is 487 g/mol. The number of benzene rings is 1. The summed E-state index contributed by atoms with van der Waals surface area (Å²) in [6, 6.07) is 10.3. The number of nitrogens with one attached hydrogen (secondary N) is 2. The van der Waals surface area contributed by atoms with Gasteiger partial charge in [-0.2, -0.15) is 0 Å². The molecule has 2 N–H and O–H groups in total. The Morgan fingerprint density at radius 3 is 2.53 bits per heavy atom. The van der Waals surface area contributed by atoms with Gasteiger partial charge in [0.25, 0.3) is 5.91 Å². The van der Waals surface area contributed by atoms with Crippen LogP contribution in [0.2, 0.25) is 0 Å². The van der Waals surface area contributed by atoms with Gasteiger partial charge >= 0.3 is 5.97 Å². The van der Waals surface area contributed by atoms with Gasteiger partial charge in [0.1, 0.15) is 4.88 Å². The van der Waals surface area contributed by atoms with Crippen molar-refractivity contribution in [2.45, 2.75) is 19.8 Å². The lowest BCUT2D eigenvalue weighted by atomic mass is 10.1. The molecule has 0 fully saturated rings. The zero-order chi connectivity index (χ0) is 24.5. The topological polar surface area (TPSA) is 116 Å². The number of anilines is 1. The summed E-state index contributed by atoms with van der Waals surface area (Å²) in [6.45, 7) is 2.24. The third-order valence-electron chi connectivity index (χ3n) is 4.75. The molecule has 0 radical (unpaired) electrons. The fourth-order valence-corrected chi connectivity index (χ4v) is 4.13. The standard InChI is InChI=1S/C24H26N2O7S/c1-4-32-24(29)22-16(14-20(34-22)15-9-10-17(30-2)19(13-15)31-3)26-21(27)8-5-11-25-23(28)18-7-6-12-33-18/h6-7,9-10,12-14H,4-5,8,11H2,1-3H3,(H,25,28)(H,26,27). The molecule has 0 aliphatic heterocycles. The number of furan rings is 1. The Bertz CT molecular complexity index is 1140. The van der Waals surface area contributed by atoms with E-state index in [1.807, 2.05) is 6.07 Å². The second-order valence-corrected chi connectivity index (χ2v) is 8.08. The van der Waals surface area contributed by atoms with E-state index in [9.17, 15) is 14.4 Å². The van der Waals surface area contributed by atoms with Crippen molar-refractivity contribution in [2.24, 2.45) is 0 Å². The van der Waals surface area contributed by atoms with Crippen molar-refractivity contribution < 1.29 is 33.0 Å². The van der Waals surface area contributed by atoms with Crippen LogP contribution in [-0.4, -0.2) is 45.2 Å². The molecule has 9 nitrogen and oxygen atoms in total. The van der Waals surface area contributed by atoms with E-state index >= 15 is 0 Å². The number of hydrogen-bond acceptors (Lipinski definition) is 8. The van der Waals surface area contributed by atoms with Crippen LogP contribution < -0.4 is 20.1 Å². The summed E-state index contributed by atoms with van der Waals surface area (Å²) in [4.78, 5) is 37.9. The minimum atomic E-state index is -0.514. The van der Waals surface area contributed by atoms with Crippen molar-refractivity contribution in [3.8, 4) is 21.9 Å². The molecule has 0 aliphatic carbocycles. The van der Waals surface area contributed by atoms with Gasteiger partial charge in [-0.15, -0.1) is 11.3 Å². The maximum Gasteiger partial charge on any atom is 0.350 e. The molecule has 0 unspecified atom stereocenters. The lowest BCUT2D eigenvalue weighted by molar-refractivity contribution is -0.116. The molecule has 2 heterocycles. The van der Waals surface area contributed by atoms with Gasteiger partial charge in [0, 0.05) is 17.8 Å². The first kappa shape index (κ1) is 24.8. The van der Waals surface area contributed by atoms with Gasteiger partial charge < -0.3 is 29.3 Å². The molecule has 0 spiro atoms. The number of hydrogen-bond donors (Lipinski definition) is 2. The van der Waals surface area contributed by atoms with E-state index in [1.165, 1.54) is 17.6 Å². The van der Waals surface area contributed by atoms with E-state index in [0.29, 0.717) is 35.0 Å². The van der Waals surface area contributed by atoms with Gasteiger partial charge in [0.2, 0.25) is 5.91 Å². The molecule has 3 rings (SSSR count). The number of carbonyl (C=O) groups is 3. The van der Waals surface area contributed by atoms with Crippen LogP contribution >= 0.6 is 11.3 Å². The summed E-state index contributed by atoms with van der Waals surface area (Å²) in [5.74, 6) is 0.209. The lowest BCUT2D eigenvalue weighted by Crippen LogP contribution is -2.25. The van der Waals surface area contributed by atoms with E-state index in [-0.39, 0.29) is 30.6 Å². The third kappa shape index (κ3) is 6.16. The van der Waals surface area contributed by atoms with Gasteiger partial charge in [0.05, 0.1) is 32.8 Å². The number of methoxy groups -OCH3 is 2. The highest BCUT2D eigenvalue weighted by molar-refractivity contribution is 7.18. The van der Waals surface area contributed by atoms with Crippen molar-refractivity contribution in [3.05, 3.63) is 53.3 Å². The summed E-state index contributed by atoms with van der Waals surface area (Å²) in [5.41, 5.74) is 1.17. The highest BCUT2D eigenvalue weighted by Crippen LogP contribution is 2.39. The summed E-state index contributed by atoms with van der Waals surface area (Å²) >= 11 is 1.21. The molecule has 0 bridgehead atoms. The Balaban J connectivity index is 1.68. The maximum absolute atomic E-state index is 12.5. The van der Waals surface area contributed by atoms with Crippen LogP contribution in [0.25, 0.3) is 10.4 Å². The highest BCUT2D eigenvalue weighted by Gasteiger charge is 2.21. The van der Waals surface area contributed by atoms with Crippen LogP contribution in [0.15, 0.2) is 47.1 Å². The molecule has 0 atom stereocenters. The minimum absolute atomic E-state index is 0.155. The molecule has 2 amide bonds. The summed E-state index contributed by atoms with van der Waals surface area (Å²) < 4.78 is 20.8. The Morgan fingerprint density at radius 1 is 1.06 bits per heavy atom. The van der Waals surface area contributed by atoms with Crippen molar-refractivity contribution in [3.63, 3.8) is 0 Å². The molecule has 34 heavy (non-hydrogen) atoms. The quantitative estimate of drug-likeness (QED) is 0.306. The first-order chi connectivity index (χ1) is 16.5. The van der Waals surface area contributed by atoms with E-state index in [4.69, 9.17) is 18.6 Å². The van der Waals surface area contributed by atoms with Gasteiger partial charge in [0.15, 0.2) is 17.3 Å². The third-order valence-corrected chi connectivity index (χ3v) is 5.91. The fraction of sp³-hybridized carbons (Fsp3) is 0.292. The summed E-state index contributed by atoms with van der Waals surface area (Å²) in [6.07, 6.45) is 1.99. The van der Waals surface area contributed by atoms with Crippen LogP contribution in [0.4, 0.5) is 5.69 Å². The fourth-order valence-electron chi connectivity index (χ4n) is 3.12. The molecule has 10 heteroatoms. The monoisotopic (exact) mass is 486 g/mol. The lowest BCUT2D eigenvalue weighted by Gasteiger charge is -2.08. The number of amides is 2. The van der Waals surface area contributed by atoms with E-state index < -0.39 is 5.97 Å². The van der Waals surface area contributed by atoms with Gasteiger partial charge in [-0.05, 0) is 55.3 Å². The van der Waals surface area contributed by atoms with Crippen molar-refractivity contribution in [1.82, 2.24) is 5.32 Å².